The van der Waals surface area contributed by atoms with Crippen LogP contribution in [0.3, 0.4) is 0 Å². The number of nitrogens with zero attached hydrogens (tertiary/aromatic N) is 1. The topological polar surface area (TPSA) is 48.4 Å². The standard InChI is InChI=1S/C12H11NO3S/c1-15-9-5-3-8(4-6-9)11-13-10(7-17-11)12(14)16-2/h3-7H,1-2H3. The van der Waals surface area contributed by atoms with E-state index in [1.807, 2.05) is 24.3 Å². The predicted molar refractivity (Wildman–Crippen MR) is 65.4 cm³/mol. The van der Waals surface area contributed by atoms with Crippen molar-refractivity contribution >= 4 is 17.3 Å². The summed E-state index contributed by atoms with van der Waals surface area (Å²) in [6, 6.07) is 7.51. The summed E-state index contributed by atoms with van der Waals surface area (Å²) in [6.07, 6.45) is 0. The van der Waals surface area contributed by atoms with Crippen LogP contribution in [0.25, 0.3) is 10.6 Å². The third kappa shape index (κ3) is 2.45. The molecule has 2 aromatic rings. The molecule has 0 aliphatic heterocycles. The summed E-state index contributed by atoms with van der Waals surface area (Å²) in [7, 11) is 2.96. The smallest absolute Gasteiger partial charge is 0.357 e. The van der Waals surface area contributed by atoms with Gasteiger partial charge in [0.15, 0.2) is 5.69 Å². The Labute approximate surface area is 103 Å². The molecule has 0 saturated carbocycles. The van der Waals surface area contributed by atoms with Crippen LogP contribution in [0.15, 0.2) is 29.6 Å². The maximum atomic E-state index is 11.3. The minimum Gasteiger partial charge on any atom is -0.497 e. The van der Waals surface area contributed by atoms with E-state index >= 15 is 0 Å². The molecule has 5 heteroatoms. The summed E-state index contributed by atoms with van der Waals surface area (Å²) in [5.74, 6) is 0.375. The molecule has 0 amide bonds. The second-order valence-corrected chi connectivity index (χ2v) is 4.12. The number of methoxy groups -OCH3 is 2. The molecule has 0 fully saturated rings. The largest absolute Gasteiger partial charge is 0.497 e. The van der Waals surface area contributed by atoms with E-state index in [2.05, 4.69) is 9.72 Å². The molecule has 0 atom stereocenters. The number of esters is 1. The van der Waals surface area contributed by atoms with E-state index in [1.165, 1.54) is 18.4 Å². The van der Waals surface area contributed by atoms with Gasteiger partial charge >= 0.3 is 5.97 Å². The molecule has 1 heterocycles. The number of carbonyl (C=O) groups is 1. The molecular weight excluding hydrogens is 238 g/mol. The first-order valence-electron chi connectivity index (χ1n) is 4.93. The Bertz CT molecular complexity index is 519. The molecule has 0 saturated heterocycles. The van der Waals surface area contributed by atoms with Gasteiger partial charge in [-0.1, -0.05) is 0 Å². The van der Waals surface area contributed by atoms with Gasteiger partial charge in [-0.05, 0) is 24.3 Å². The molecular formula is C12H11NO3S. The van der Waals surface area contributed by atoms with Crippen LogP contribution >= 0.6 is 11.3 Å². The van der Waals surface area contributed by atoms with E-state index < -0.39 is 5.97 Å². The van der Waals surface area contributed by atoms with Crippen LogP contribution in [0.4, 0.5) is 0 Å². The highest BCUT2D eigenvalue weighted by molar-refractivity contribution is 7.13. The van der Waals surface area contributed by atoms with Crippen LogP contribution in [0.1, 0.15) is 10.5 Å². The summed E-state index contributed by atoms with van der Waals surface area (Å²) in [5.41, 5.74) is 1.29. The summed E-state index contributed by atoms with van der Waals surface area (Å²) in [6.45, 7) is 0. The Morgan fingerprint density at radius 1 is 1.24 bits per heavy atom. The second-order valence-electron chi connectivity index (χ2n) is 3.26. The number of thiazole rings is 1. The van der Waals surface area contributed by atoms with Crippen LogP contribution in [0.5, 0.6) is 5.75 Å². The molecule has 0 bridgehead atoms. The number of benzene rings is 1. The zero-order valence-electron chi connectivity index (χ0n) is 9.47. The molecule has 1 aromatic carbocycles. The zero-order valence-corrected chi connectivity index (χ0v) is 10.3. The van der Waals surface area contributed by atoms with Crippen LogP contribution in [0.2, 0.25) is 0 Å². The van der Waals surface area contributed by atoms with E-state index in [1.54, 1.807) is 12.5 Å². The van der Waals surface area contributed by atoms with Crippen LogP contribution in [-0.2, 0) is 4.74 Å². The highest BCUT2D eigenvalue weighted by Crippen LogP contribution is 2.25. The van der Waals surface area contributed by atoms with Crippen molar-refractivity contribution in [3.05, 3.63) is 35.3 Å². The Morgan fingerprint density at radius 2 is 1.94 bits per heavy atom. The van der Waals surface area contributed by atoms with Gasteiger partial charge in [-0.25, -0.2) is 9.78 Å². The summed E-state index contributed by atoms with van der Waals surface area (Å²) < 4.78 is 9.68. The molecule has 0 unspecified atom stereocenters. The van der Waals surface area contributed by atoms with E-state index in [4.69, 9.17) is 4.74 Å². The lowest BCUT2D eigenvalue weighted by molar-refractivity contribution is 0.0595. The van der Waals surface area contributed by atoms with Crippen LogP contribution in [0, 0.1) is 0 Å². The van der Waals surface area contributed by atoms with Gasteiger partial charge in [0.2, 0.25) is 0 Å². The van der Waals surface area contributed by atoms with Crippen molar-refractivity contribution in [2.75, 3.05) is 14.2 Å². The maximum absolute atomic E-state index is 11.3. The van der Waals surface area contributed by atoms with Crippen molar-refractivity contribution < 1.29 is 14.3 Å². The van der Waals surface area contributed by atoms with E-state index in [0.29, 0.717) is 5.69 Å². The third-order valence-electron chi connectivity index (χ3n) is 2.24. The van der Waals surface area contributed by atoms with Gasteiger partial charge in [-0.3, -0.25) is 0 Å². The monoisotopic (exact) mass is 249 g/mol. The van der Waals surface area contributed by atoms with Gasteiger partial charge in [-0.2, -0.15) is 0 Å². The lowest BCUT2D eigenvalue weighted by Crippen LogP contribution is -2.00. The highest BCUT2D eigenvalue weighted by Gasteiger charge is 2.11. The van der Waals surface area contributed by atoms with E-state index in [-0.39, 0.29) is 0 Å². The van der Waals surface area contributed by atoms with Gasteiger partial charge in [0, 0.05) is 10.9 Å². The van der Waals surface area contributed by atoms with Gasteiger partial charge in [0.25, 0.3) is 0 Å². The predicted octanol–water partition coefficient (Wildman–Crippen LogP) is 2.61. The minimum atomic E-state index is -0.416. The normalized spacial score (nSPS) is 10.0. The Hall–Kier alpha value is -1.88. The number of ether oxygens (including phenoxy) is 2. The summed E-state index contributed by atoms with van der Waals surface area (Å²) >= 11 is 1.41. The number of hydrogen-bond donors (Lipinski definition) is 0. The van der Waals surface area contributed by atoms with E-state index in [0.717, 1.165) is 16.3 Å². The first-order valence-corrected chi connectivity index (χ1v) is 5.81. The molecule has 1 aromatic heterocycles. The molecule has 0 spiro atoms. The molecule has 2 rings (SSSR count). The first kappa shape index (κ1) is 11.6. The van der Waals surface area contributed by atoms with Gasteiger partial charge < -0.3 is 9.47 Å². The van der Waals surface area contributed by atoms with Gasteiger partial charge in [0.05, 0.1) is 14.2 Å². The number of carbonyl (C=O) groups excluding carboxylic acids is 1. The lowest BCUT2D eigenvalue weighted by atomic mass is 10.2. The summed E-state index contributed by atoms with van der Waals surface area (Å²) in [4.78, 5) is 15.5. The second kappa shape index (κ2) is 4.97. The number of aromatic nitrogens is 1. The maximum Gasteiger partial charge on any atom is 0.357 e. The van der Waals surface area contributed by atoms with Crippen molar-refractivity contribution in [2.45, 2.75) is 0 Å². The van der Waals surface area contributed by atoms with Crippen molar-refractivity contribution in [1.29, 1.82) is 0 Å². The number of rotatable bonds is 3. The fourth-order valence-electron chi connectivity index (χ4n) is 1.34. The van der Waals surface area contributed by atoms with Gasteiger partial charge in [-0.15, -0.1) is 11.3 Å². The SMILES string of the molecule is COC(=O)c1csc(-c2ccc(OC)cc2)n1. The lowest BCUT2D eigenvalue weighted by Gasteiger charge is -2.00. The first-order chi connectivity index (χ1) is 8.24. The minimum absolute atomic E-state index is 0.336. The fraction of sp³-hybridized carbons (Fsp3) is 0.167. The Balaban J connectivity index is 2.27. The average Bonchev–Trinajstić information content (AvgIpc) is 2.87. The van der Waals surface area contributed by atoms with E-state index in [9.17, 15) is 4.79 Å². The molecule has 17 heavy (non-hydrogen) atoms. The third-order valence-corrected chi connectivity index (χ3v) is 3.13. The highest BCUT2D eigenvalue weighted by atomic mass is 32.1. The molecule has 0 N–H and O–H groups in total. The number of hydrogen-bond acceptors (Lipinski definition) is 5. The quantitative estimate of drug-likeness (QED) is 0.784. The fourth-order valence-corrected chi connectivity index (χ4v) is 2.13. The van der Waals surface area contributed by atoms with Crippen LogP contribution < -0.4 is 4.74 Å². The van der Waals surface area contributed by atoms with Gasteiger partial charge in [0.1, 0.15) is 10.8 Å². The molecule has 0 aliphatic carbocycles. The molecule has 0 radical (unpaired) electrons. The van der Waals surface area contributed by atoms with Crippen molar-refractivity contribution in [3.63, 3.8) is 0 Å². The Kier molecular flexibility index (Phi) is 3.39. The average molecular weight is 249 g/mol. The Morgan fingerprint density at radius 3 is 2.53 bits per heavy atom. The van der Waals surface area contributed by atoms with Crippen LogP contribution in [-0.4, -0.2) is 25.2 Å². The van der Waals surface area contributed by atoms with Crippen molar-refractivity contribution in [3.8, 4) is 16.3 Å². The molecule has 4 nitrogen and oxygen atoms in total. The van der Waals surface area contributed by atoms with Crippen molar-refractivity contribution in [1.82, 2.24) is 4.98 Å². The zero-order chi connectivity index (χ0) is 12.3. The summed E-state index contributed by atoms with van der Waals surface area (Å²) in [5, 5.41) is 2.47. The molecule has 88 valence electrons. The molecule has 0 aliphatic rings. The van der Waals surface area contributed by atoms with Crippen molar-refractivity contribution in [2.24, 2.45) is 0 Å².